The average molecular weight is 385 g/mol. The number of likely N-dealkylation sites (N-methyl/N-ethyl adjacent to an activating group) is 1. The van der Waals surface area contributed by atoms with E-state index in [0.29, 0.717) is 0 Å². The molecule has 2 N–H and O–H groups in total. The molecular weight excluding hydrogens is 365 g/mol. The molecule has 0 saturated heterocycles. The minimum absolute atomic E-state index is 0. The molecule has 0 aliphatic carbocycles. The standard InChI is InChI=1S/C15H19F3N2O4.ClH/c1-20(8-6-14(22)23)10-13(21)19-7-9-24-12-4-2-11(3-5-12)15(16,17)18;/h2-5H,6-10H2,1H3,(H,19,21)(H,22,23);1H. The molecule has 0 radical (unpaired) electrons. The lowest BCUT2D eigenvalue weighted by atomic mass is 10.2. The largest absolute Gasteiger partial charge is 0.492 e. The van der Waals surface area contributed by atoms with Gasteiger partial charge in [0.15, 0.2) is 0 Å². The molecule has 0 heterocycles. The van der Waals surface area contributed by atoms with Crippen molar-refractivity contribution in [3.8, 4) is 5.75 Å². The van der Waals surface area contributed by atoms with E-state index in [1.807, 2.05) is 0 Å². The topological polar surface area (TPSA) is 78.9 Å². The highest BCUT2D eigenvalue weighted by molar-refractivity contribution is 5.85. The van der Waals surface area contributed by atoms with Crippen LogP contribution in [0.15, 0.2) is 24.3 Å². The molecule has 0 aromatic heterocycles. The zero-order valence-corrected chi connectivity index (χ0v) is 14.3. The number of hydrogen-bond donors (Lipinski definition) is 2. The summed E-state index contributed by atoms with van der Waals surface area (Å²) in [6, 6.07) is 4.27. The summed E-state index contributed by atoms with van der Waals surface area (Å²) >= 11 is 0. The summed E-state index contributed by atoms with van der Waals surface area (Å²) in [7, 11) is 1.63. The third-order valence-electron chi connectivity index (χ3n) is 3.00. The van der Waals surface area contributed by atoms with Gasteiger partial charge in [-0.3, -0.25) is 14.5 Å². The number of amides is 1. The maximum Gasteiger partial charge on any atom is 0.416 e. The fraction of sp³-hybridized carbons (Fsp3) is 0.467. The fourth-order valence-electron chi connectivity index (χ4n) is 1.77. The van der Waals surface area contributed by atoms with Crippen molar-refractivity contribution in [1.82, 2.24) is 10.2 Å². The summed E-state index contributed by atoms with van der Waals surface area (Å²) in [5.74, 6) is -0.957. The number of carboxylic acid groups (broad SMARTS) is 1. The molecule has 0 atom stereocenters. The zero-order chi connectivity index (χ0) is 18.2. The van der Waals surface area contributed by atoms with Gasteiger partial charge in [-0.25, -0.2) is 0 Å². The SMILES string of the molecule is CN(CCC(=O)O)CC(=O)NCCOc1ccc(C(F)(F)F)cc1.Cl. The van der Waals surface area contributed by atoms with Crippen molar-refractivity contribution in [2.75, 3.05) is 33.3 Å². The van der Waals surface area contributed by atoms with Crippen LogP contribution in [-0.4, -0.2) is 55.2 Å². The Labute approximate surface area is 149 Å². The average Bonchev–Trinajstić information content (AvgIpc) is 2.49. The smallest absolute Gasteiger partial charge is 0.416 e. The Balaban J connectivity index is 0.00000576. The van der Waals surface area contributed by atoms with E-state index in [9.17, 15) is 22.8 Å². The third-order valence-corrected chi connectivity index (χ3v) is 3.00. The summed E-state index contributed by atoms with van der Waals surface area (Å²) in [6.07, 6.45) is -4.44. The van der Waals surface area contributed by atoms with Crippen molar-refractivity contribution >= 4 is 24.3 Å². The molecule has 0 aliphatic rings. The molecule has 1 aromatic carbocycles. The first-order valence-electron chi connectivity index (χ1n) is 7.15. The first kappa shape index (κ1) is 23.0. The highest BCUT2D eigenvalue weighted by Gasteiger charge is 2.29. The van der Waals surface area contributed by atoms with Crippen LogP contribution in [-0.2, 0) is 15.8 Å². The number of carboxylic acids is 1. The molecule has 25 heavy (non-hydrogen) atoms. The number of benzene rings is 1. The quantitative estimate of drug-likeness (QED) is 0.637. The molecule has 0 bridgehead atoms. The number of nitrogens with zero attached hydrogens (tertiary/aromatic N) is 1. The van der Waals surface area contributed by atoms with E-state index in [1.54, 1.807) is 11.9 Å². The molecule has 0 aliphatic heterocycles. The van der Waals surface area contributed by atoms with Crippen molar-refractivity contribution in [2.45, 2.75) is 12.6 Å². The number of alkyl halides is 3. The van der Waals surface area contributed by atoms with Crippen molar-refractivity contribution in [2.24, 2.45) is 0 Å². The fourth-order valence-corrected chi connectivity index (χ4v) is 1.77. The summed E-state index contributed by atoms with van der Waals surface area (Å²) in [5.41, 5.74) is -0.757. The molecule has 1 aromatic rings. The van der Waals surface area contributed by atoms with E-state index < -0.39 is 17.7 Å². The summed E-state index contributed by atoms with van der Waals surface area (Å²) in [5, 5.41) is 11.1. The Bertz CT molecular complexity index is 553. The van der Waals surface area contributed by atoms with Gasteiger partial charge in [0, 0.05) is 6.54 Å². The van der Waals surface area contributed by atoms with Crippen molar-refractivity contribution in [3.63, 3.8) is 0 Å². The van der Waals surface area contributed by atoms with Gasteiger partial charge in [0.1, 0.15) is 12.4 Å². The number of aliphatic carboxylic acids is 1. The number of carbonyl (C=O) groups excluding carboxylic acids is 1. The Hall–Kier alpha value is -2.00. The lowest BCUT2D eigenvalue weighted by Gasteiger charge is -2.15. The van der Waals surface area contributed by atoms with Crippen LogP contribution in [0.4, 0.5) is 13.2 Å². The van der Waals surface area contributed by atoms with Crippen molar-refractivity contribution in [1.29, 1.82) is 0 Å². The van der Waals surface area contributed by atoms with Gasteiger partial charge in [0.2, 0.25) is 5.91 Å². The first-order valence-corrected chi connectivity index (χ1v) is 7.15. The normalized spacial score (nSPS) is 10.9. The van der Waals surface area contributed by atoms with Crippen LogP contribution in [0.3, 0.4) is 0 Å². The number of ether oxygens (including phenoxy) is 1. The van der Waals surface area contributed by atoms with Gasteiger partial charge < -0.3 is 15.2 Å². The lowest BCUT2D eigenvalue weighted by molar-refractivity contribution is -0.138. The van der Waals surface area contributed by atoms with Gasteiger partial charge in [-0.05, 0) is 31.3 Å². The van der Waals surface area contributed by atoms with Gasteiger partial charge in [-0.2, -0.15) is 13.2 Å². The second kappa shape index (κ2) is 10.8. The number of hydrogen-bond acceptors (Lipinski definition) is 4. The van der Waals surface area contributed by atoms with E-state index in [2.05, 4.69) is 5.32 Å². The Morgan fingerprint density at radius 2 is 1.84 bits per heavy atom. The zero-order valence-electron chi connectivity index (χ0n) is 13.5. The summed E-state index contributed by atoms with van der Waals surface area (Å²) in [4.78, 5) is 23.6. The molecule has 1 rings (SSSR count). The third kappa shape index (κ3) is 9.78. The van der Waals surface area contributed by atoms with Crippen LogP contribution < -0.4 is 10.1 Å². The van der Waals surface area contributed by atoms with Gasteiger partial charge >= 0.3 is 12.1 Å². The van der Waals surface area contributed by atoms with E-state index >= 15 is 0 Å². The molecule has 0 saturated carbocycles. The van der Waals surface area contributed by atoms with Gasteiger partial charge in [0.05, 0.1) is 25.1 Å². The van der Waals surface area contributed by atoms with Crippen LogP contribution in [0.2, 0.25) is 0 Å². The van der Waals surface area contributed by atoms with Gasteiger partial charge in [-0.15, -0.1) is 12.4 Å². The highest BCUT2D eigenvalue weighted by Crippen LogP contribution is 2.30. The monoisotopic (exact) mass is 384 g/mol. The second-order valence-corrected chi connectivity index (χ2v) is 5.10. The Morgan fingerprint density at radius 3 is 2.36 bits per heavy atom. The predicted molar refractivity (Wildman–Crippen MR) is 86.9 cm³/mol. The second-order valence-electron chi connectivity index (χ2n) is 5.10. The lowest BCUT2D eigenvalue weighted by Crippen LogP contribution is -2.37. The van der Waals surface area contributed by atoms with Crippen molar-refractivity contribution in [3.05, 3.63) is 29.8 Å². The van der Waals surface area contributed by atoms with Gasteiger partial charge in [-0.1, -0.05) is 0 Å². The van der Waals surface area contributed by atoms with Crippen LogP contribution in [0.1, 0.15) is 12.0 Å². The number of rotatable bonds is 9. The predicted octanol–water partition coefficient (Wildman–Crippen LogP) is 2.03. The molecule has 0 fully saturated rings. The number of nitrogens with one attached hydrogen (secondary N) is 1. The van der Waals surface area contributed by atoms with Crippen LogP contribution in [0, 0.1) is 0 Å². The van der Waals surface area contributed by atoms with Crippen LogP contribution >= 0.6 is 12.4 Å². The molecule has 10 heteroatoms. The highest BCUT2D eigenvalue weighted by atomic mass is 35.5. The van der Waals surface area contributed by atoms with E-state index in [1.165, 1.54) is 12.1 Å². The molecular formula is C15H20ClF3N2O4. The molecule has 6 nitrogen and oxygen atoms in total. The molecule has 1 amide bonds. The maximum absolute atomic E-state index is 12.4. The molecule has 0 spiro atoms. The summed E-state index contributed by atoms with van der Waals surface area (Å²) < 4.78 is 42.4. The van der Waals surface area contributed by atoms with E-state index in [4.69, 9.17) is 9.84 Å². The van der Waals surface area contributed by atoms with Crippen LogP contribution in [0.25, 0.3) is 0 Å². The minimum atomic E-state index is -4.39. The van der Waals surface area contributed by atoms with E-state index in [-0.39, 0.29) is 56.7 Å². The molecule has 142 valence electrons. The number of carbonyl (C=O) groups is 2. The molecule has 0 unspecified atom stereocenters. The van der Waals surface area contributed by atoms with Crippen molar-refractivity contribution < 1.29 is 32.6 Å². The van der Waals surface area contributed by atoms with Crippen LogP contribution in [0.5, 0.6) is 5.75 Å². The van der Waals surface area contributed by atoms with E-state index in [0.717, 1.165) is 12.1 Å². The minimum Gasteiger partial charge on any atom is -0.492 e. The maximum atomic E-state index is 12.4. The summed E-state index contributed by atoms with van der Waals surface area (Å²) in [6.45, 7) is 0.598. The Morgan fingerprint density at radius 1 is 1.24 bits per heavy atom. The number of halogens is 4. The Kier molecular flexibility index (Phi) is 9.92. The first-order chi connectivity index (χ1) is 11.2. The van der Waals surface area contributed by atoms with Gasteiger partial charge in [0.25, 0.3) is 0 Å².